The van der Waals surface area contributed by atoms with E-state index in [4.69, 9.17) is 0 Å². The fourth-order valence-corrected chi connectivity index (χ4v) is 8.05. The molecule has 0 fully saturated rings. The molecule has 0 amide bonds. The summed E-state index contributed by atoms with van der Waals surface area (Å²) in [6, 6.07) is 32.8. The van der Waals surface area contributed by atoms with Crippen molar-refractivity contribution in [2.24, 2.45) is 0 Å². The summed E-state index contributed by atoms with van der Waals surface area (Å²) in [6.07, 6.45) is 4.24. The van der Waals surface area contributed by atoms with Crippen molar-refractivity contribution >= 4 is 23.1 Å². The Hall–Kier alpha value is -3.84. The standard InChI is InChI=1S/C35H25B/c1-20-6-2-12-29-30(20)18-21-7-5-13-28(32(21)29)27-15-14-26-17-24-9-3-8-22-16-23-10-4-11-25-19-31(27)35(26)36(33(22)24)34(23)25/h2-15H,16-19H2,1H3. The van der Waals surface area contributed by atoms with E-state index in [1.54, 1.807) is 22.0 Å². The molecular formula is C35H25B. The number of rotatable bonds is 1. The van der Waals surface area contributed by atoms with Crippen LogP contribution >= 0.6 is 0 Å². The number of hydrogen-bond donors (Lipinski definition) is 0. The molecule has 3 heterocycles. The van der Waals surface area contributed by atoms with Gasteiger partial charge in [0.2, 0.25) is 6.71 Å². The Morgan fingerprint density at radius 3 is 1.75 bits per heavy atom. The minimum Gasteiger partial charge on any atom is -0.0617 e. The van der Waals surface area contributed by atoms with Gasteiger partial charge in [0.05, 0.1) is 0 Å². The normalized spacial score (nSPS) is 14.9. The van der Waals surface area contributed by atoms with Crippen LogP contribution in [0.5, 0.6) is 0 Å². The zero-order valence-corrected chi connectivity index (χ0v) is 20.5. The highest BCUT2D eigenvalue weighted by Crippen LogP contribution is 2.45. The zero-order chi connectivity index (χ0) is 23.5. The average molecular weight is 456 g/mol. The third-order valence-corrected chi connectivity index (χ3v) is 9.50. The molecule has 1 aliphatic carbocycles. The van der Waals surface area contributed by atoms with E-state index < -0.39 is 0 Å². The summed E-state index contributed by atoms with van der Waals surface area (Å²) in [5.41, 5.74) is 24.3. The van der Waals surface area contributed by atoms with Crippen LogP contribution < -0.4 is 16.4 Å². The zero-order valence-electron chi connectivity index (χ0n) is 20.5. The first-order valence-electron chi connectivity index (χ1n) is 13.3. The van der Waals surface area contributed by atoms with Gasteiger partial charge in [0.25, 0.3) is 0 Å². The van der Waals surface area contributed by atoms with E-state index in [-0.39, 0.29) is 0 Å². The summed E-state index contributed by atoms with van der Waals surface area (Å²) in [4.78, 5) is 0. The average Bonchev–Trinajstić information content (AvgIpc) is 3.29. The number of benzene rings is 5. The van der Waals surface area contributed by atoms with Crippen molar-refractivity contribution in [3.8, 4) is 22.3 Å². The van der Waals surface area contributed by atoms with Gasteiger partial charge >= 0.3 is 0 Å². The van der Waals surface area contributed by atoms with Crippen LogP contribution in [0.1, 0.15) is 50.1 Å². The molecule has 0 saturated carbocycles. The first-order valence-corrected chi connectivity index (χ1v) is 13.3. The Kier molecular flexibility index (Phi) is 3.59. The molecule has 0 radical (unpaired) electrons. The summed E-state index contributed by atoms with van der Waals surface area (Å²) in [6.45, 7) is 2.66. The van der Waals surface area contributed by atoms with Gasteiger partial charge in [-0.15, -0.1) is 0 Å². The second-order valence-electron chi connectivity index (χ2n) is 11.2. The molecule has 1 heteroatoms. The molecule has 9 rings (SSSR count). The van der Waals surface area contributed by atoms with Crippen molar-refractivity contribution < 1.29 is 0 Å². The molecule has 0 N–H and O–H groups in total. The Morgan fingerprint density at radius 2 is 1.00 bits per heavy atom. The molecular weight excluding hydrogens is 431 g/mol. The van der Waals surface area contributed by atoms with Crippen molar-refractivity contribution in [2.45, 2.75) is 32.6 Å². The van der Waals surface area contributed by atoms with E-state index >= 15 is 0 Å². The molecule has 3 aliphatic heterocycles. The lowest BCUT2D eigenvalue weighted by molar-refractivity contribution is 1.10. The van der Waals surface area contributed by atoms with Gasteiger partial charge in [0.1, 0.15) is 0 Å². The first-order chi connectivity index (χ1) is 17.8. The van der Waals surface area contributed by atoms with Crippen molar-refractivity contribution in [3.05, 3.63) is 135 Å². The summed E-state index contributed by atoms with van der Waals surface area (Å²) in [5.74, 6) is 0. The summed E-state index contributed by atoms with van der Waals surface area (Å²) in [7, 11) is 0. The van der Waals surface area contributed by atoms with Crippen LogP contribution in [0.2, 0.25) is 0 Å². The maximum Gasteiger partial charge on any atom is 0.243 e. The number of aryl methyl sites for hydroxylation is 1. The summed E-state index contributed by atoms with van der Waals surface area (Å²) < 4.78 is 0. The summed E-state index contributed by atoms with van der Waals surface area (Å²) >= 11 is 0. The lowest BCUT2D eigenvalue weighted by Gasteiger charge is -2.40. The van der Waals surface area contributed by atoms with Gasteiger partial charge in [0, 0.05) is 0 Å². The molecule has 5 aromatic rings. The van der Waals surface area contributed by atoms with E-state index in [1.165, 1.54) is 66.8 Å². The third-order valence-electron chi connectivity index (χ3n) is 9.50. The molecule has 5 aromatic carbocycles. The van der Waals surface area contributed by atoms with Crippen molar-refractivity contribution in [1.29, 1.82) is 0 Å². The van der Waals surface area contributed by atoms with Gasteiger partial charge < -0.3 is 0 Å². The second-order valence-corrected chi connectivity index (χ2v) is 11.2. The van der Waals surface area contributed by atoms with Crippen molar-refractivity contribution in [1.82, 2.24) is 0 Å². The quantitative estimate of drug-likeness (QED) is 0.288. The molecule has 0 atom stereocenters. The third kappa shape index (κ3) is 2.32. The van der Waals surface area contributed by atoms with E-state index in [9.17, 15) is 0 Å². The van der Waals surface area contributed by atoms with Crippen LogP contribution in [0.4, 0.5) is 0 Å². The van der Waals surface area contributed by atoms with E-state index in [0.29, 0.717) is 6.71 Å². The Labute approximate surface area is 212 Å². The predicted molar refractivity (Wildman–Crippen MR) is 151 cm³/mol. The fourth-order valence-electron chi connectivity index (χ4n) is 8.05. The molecule has 0 nitrogen and oxygen atoms in total. The highest BCUT2D eigenvalue weighted by Gasteiger charge is 2.42. The number of fused-ring (bicyclic) bond motifs is 3. The van der Waals surface area contributed by atoms with Gasteiger partial charge in [-0.05, 0) is 105 Å². The summed E-state index contributed by atoms with van der Waals surface area (Å²) in [5, 5.41) is 0. The van der Waals surface area contributed by atoms with Gasteiger partial charge in [-0.2, -0.15) is 0 Å². The van der Waals surface area contributed by atoms with Gasteiger partial charge in [0.15, 0.2) is 0 Å². The topological polar surface area (TPSA) is 0 Å². The molecule has 4 aliphatic rings. The smallest absolute Gasteiger partial charge is 0.0617 e. The maximum absolute atomic E-state index is 2.46. The maximum atomic E-state index is 2.46. The van der Waals surface area contributed by atoms with Crippen molar-refractivity contribution in [3.63, 3.8) is 0 Å². The van der Waals surface area contributed by atoms with Crippen LogP contribution in [0.3, 0.4) is 0 Å². The van der Waals surface area contributed by atoms with Crippen LogP contribution in [-0.4, -0.2) is 6.71 Å². The Balaban J connectivity index is 1.35. The van der Waals surface area contributed by atoms with E-state index in [2.05, 4.69) is 91.9 Å². The van der Waals surface area contributed by atoms with Crippen LogP contribution in [0, 0.1) is 6.92 Å². The Morgan fingerprint density at radius 1 is 0.444 bits per heavy atom. The van der Waals surface area contributed by atoms with Crippen LogP contribution in [-0.2, 0) is 25.7 Å². The highest BCUT2D eigenvalue weighted by molar-refractivity contribution is 6.98. The van der Waals surface area contributed by atoms with Gasteiger partial charge in [-0.3, -0.25) is 0 Å². The lowest BCUT2D eigenvalue weighted by atomic mass is 9.28. The minimum absolute atomic E-state index is 0.398. The highest BCUT2D eigenvalue weighted by atomic mass is 14.3. The van der Waals surface area contributed by atoms with Gasteiger partial charge in [-0.1, -0.05) is 101 Å². The second kappa shape index (κ2) is 6.68. The molecule has 0 saturated heterocycles. The monoisotopic (exact) mass is 456 g/mol. The van der Waals surface area contributed by atoms with Crippen LogP contribution in [0.25, 0.3) is 22.3 Å². The lowest BCUT2D eigenvalue weighted by Crippen LogP contribution is -2.64. The molecule has 0 unspecified atom stereocenters. The van der Waals surface area contributed by atoms with Crippen LogP contribution in [0.15, 0.2) is 84.9 Å². The molecule has 0 spiro atoms. The largest absolute Gasteiger partial charge is 0.243 e. The predicted octanol–water partition coefficient (Wildman–Crippen LogP) is 5.46. The minimum atomic E-state index is 0.398. The fraction of sp³-hybridized carbons (Fsp3) is 0.143. The Bertz CT molecular complexity index is 1770. The molecule has 36 heavy (non-hydrogen) atoms. The molecule has 0 aromatic heterocycles. The molecule has 0 bridgehead atoms. The van der Waals surface area contributed by atoms with Crippen molar-refractivity contribution in [2.75, 3.05) is 0 Å². The van der Waals surface area contributed by atoms with E-state index in [0.717, 1.165) is 25.7 Å². The first kappa shape index (κ1) is 19.4. The molecule has 168 valence electrons. The number of hydrogen-bond acceptors (Lipinski definition) is 0. The van der Waals surface area contributed by atoms with E-state index in [1.807, 2.05) is 0 Å². The SMILES string of the molecule is Cc1cccc2c1Cc1cccc(-c3ccc4c5c3Cc3cccc6c3B5c3c(cccc3C4)C6)c1-2. The van der Waals surface area contributed by atoms with Gasteiger partial charge in [-0.25, -0.2) is 0 Å².